The normalized spacial score (nSPS) is 20.8. The number of halogens is 1. The van der Waals surface area contributed by atoms with Gasteiger partial charge in [-0.3, -0.25) is 4.79 Å². The number of amides is 1. The third-order valence-electron chi connectivity index (χ3n) is 3.81. The molecule has 2 unspecified atom stereocenters. The molecule has 20 heavy (non-hydrogen) atoms. The van der Waals surface area contributed by atoms with E-state index in [1.807, 2.05) is 4.90 Å². The molecule has 0 radical (unpaired) electrons. The Hall–Kier alpha value is -1.42. The molecule has 1 amide bonds. The molecule has 1 fully saturated rings. The smallest absolute Gasteiger partial charge is 0.227 e. The largest absolute Gasteiger partial charge is 0.393 e. The average Bonchev–Trinajstić information content (AvgIpc) is 2.38. The van der Waals surface area contributed by atoms with Gasteiger partial charge >= 0.3 is 0 Å². The van der Waals surface area contributed by atoms with Gasteiger partial charge in [-0.05, 0) is 50.3 Å². The minimum Gasteiger partial charge on any atom is -0.393 e. The first kappa shape index (κ1) is 15.0. The molecular weight excluding hydrogens is 257 g/mol. The predicted molar refractivity (Wildman–Crippen MR) is 75.8 cm³/mol. The van der Waals surface area contributed by atoms with E-state index in [1.165, 1.54) is 12.1 Å². The van der Waals surface area contributed by atoms with Gasteiger partial charge in [0.2, 0.25) is 5.91 Å². The summed E-state index contributed by atoms with van der Waals surface area (Å²) in [6, 6.07) is 6.30. The number of hydrogen-bond donors (Lipinski definition) is 1. The summed E-state index contributed by atoms with van der Waals surface area (Å²) in [5.74, 6) is -0.282. The van der Waals surface area contributed by atoms with Crippen molar-refractivity contribution in [3.8, 4) is 0 Å². The Labute approximate surface area is 119 Å². The number of piperidine rings is 1. The van der Waals surface area contributed by atoms with Gasteiger partial charge in [0.05, 0.1) is 12.5 Å². The summed E-state index contributed by atoms with van der Waals surface area (Å²) >= 11 is 0. The summed E-state index contributed by atoms with van der Waals surface area (Å²) in [5, 5.41) is 9.54. The first-order valence-electron chi connectivity index (χ1n) is 7.28. The van der Waals surface area contributed by atoms with Crippen molar-refractivity contribution in [3.63, 3.8) is 0 Å². The quantitative estimate of drug-likeness (QED) is 0.920. The zero-order valence-corrected chi connectivity index (χ0v) is 11.9. The molecule has 1 saturated heterocycles. The standard InChI is InChI=1S/C16H22FNO2/c1-12(19)9-15-7-2-3-8-18(15)16(20)11-13-5-4-6-14(17)10-13/h4-6,10,12,15,19H,2-3,7-9,11H2,1H3. The van der Waals surface area contributed by atoms with Crippen molar-refractivity contribution in [3.05, 3.63) is 35.6 Å². The van der Waals surface area contributed by atoms with Crippen LogP contribution in [0.5, 0.6) is 0 Å². The number of likely N-dealkylation sites (tertiary alicyclic amines) is 1. The Morgan fingerprint density at radius 3 is 3.00 bits per heavy atom. The van der Waals surface area contributed by atoms with E-state index in [0.29, 0.717) is 12.0 Å². The summed E-state index contributed by atoms with van der Waals surface area (Å²) in [4.78, 5) is 14.3. The van der Waals surface area contributed by atoms with Crippen LogP contribution in [0.2, 0.25) is 0 Å². The summed E-state index contributed by atoms with van der Waals surface area (Å²) in [7, 11) is 0. The van der Waals surface area contributed by atoms with Crippen LogP contribution < -0.4 is 0 Å². The molecule has 0 spiro atoms. The number of carbonyl (C=O) groups is 1. The molecule has 1 N–H and O–H groups in total. The lowest BCUT2D eigenvalue weighted by Crippen LogP contribution is -2.45. The fourth-order valence-electron chi connectivity index (χ4n) is 2.89. The van der Waals surface area contributed by atoms with E-state index in [4.69, 9.17) is 0 Å². The maximum atomic E-state index is 13.2. The molecular formula is C16H22FNO2. The van der Waals surface area contributed by atoms with Gasteiger partial charge in [0, 0.05) is 12.6 Å². The molecule has 0 bridgehead atoms. The predicted octanol–water partition coefficient (Wildman–Crippen LogP) is 2.52. The topological polar surface area (TPSA) is 40.5 Å². The molecule has 1 heterocycles. The summed E-state index contributed by atoms with van der Waals surface area (Å²) in [6.45, 7) is 2.50. The van der Waals surface area contributed by atoms with Gasteiger partial charge in [0.15, 0.2) is 0 Å². The Kier molecular flexibility index (Phi) is 5.12. The van der Waals surface area contributed by atoms with Gasteiger partial charge in [0.1, 0.15) is 5.82 Å². The lowest BCUT2D eigenvalue weighted by atomic mass is 9.96. The fourth-order valence-corrected chi connectivity index (χ4v) is 2.89. The molecule has 2 rings (SSSR count). The van der Waals surface area contributed by atoms with E-state index in [0.717, 1.165) is 25.8 Å². The Bertz CT molecular complexity index is 462. The van der Waals surface area contributed by atoms with Crippen molar-refractivity contribution in [2.45, 2.75) is 51.2 Å². The molecule has 2 atom stereocenters. The Morgan fingerprint density at radius 1 is 1.50 bits per heavy atom. The molecule has 110 valence electrons. The van der Waals surface area contributed by atoms with Gasteiger partial charge in [0.25, 0.3) is 0 Å². The summed E-state index contributed by atoms with van der Waals surface area (Å²) in [5.41, 5.74) is 0.705. The molecule has 0 saturated carbocycles. The van der Waals surface area contributed by atoms with Crippen molar-refractivity contribution in [1.82, 2.24) is 4.90 Å². The second kappa shape index (κ2) is 6.84. The zero-order chi connectivity index (χ0) is 14.5. The van der Waals surface area contributed by atoms with Crippen LogP contribution in [0.4, 0.5) is 4.39 Å². The minimum absolute atomic E-state index is 0.0287. The van der Waals surface area contributed by atoms with Crippen molar-refractivity contribution in [2.75, 3.05) is 6.54 Å². The highest BCUT2D eigenvalue weighted by molar-refractivity contribution is 5.79. The summed E-state index contributed by atoms with van der Waals surface area (Å²) in [6.07, 6.45) is 3.50. The molecule has 0 aliphatic carbocycles. The molecule has 0 aromatic heterocycles. The van der Waals surface area contributed by atoms with Crippen LogP contribution in [0.1, 0.15) is 38.2 Å². The lowest BCUT2D eigenvalue weighted by Gasteiger charge is -2.36. The molecule has 1 aliphatic heterocycles. The average molecular weight is 279 g/mol. The van der Waals surface area contributed by atoms with Gasteiger partial charge in [-0.1, -0.05) is 12.1 Å². The van der Waals surface area contributed by atoms with E-state index in [-0.39, 0.29) is 24.2 Å². The van der Waals surface area contributed by atoms with E-state index in [2.05, 4.69) is 0 Å². The van der Waals surface area contributed by atoms with Gasteiger partial charge in [-0.2, -0.15) is 0 Å². The van der Waals surface area contributed by atoms with Crippen LogP contribution in [0.25, 0.3) is 0 Å². The van der Waals surface area contributed by atoms with Crippen molar-refractivity contribution in [1.29, 1.82) is 0 Å². The number of benzene rings is 1. The SMILES string of the molecule is CC(O)CC1CCCCN1C(=O)Cc1cccc(F)c1. The highest BCUT2D eigenvalue weighted by atomic mass is 19.1. The van der Waals surface area contributed by atoms with Crippen LogP contribution in [0.3, 0.4) is 0 Å². The molecule has 3 nitrogen and oxygen atoms in total. The van der Waals surface area contributed by atoms with Crippen LogP contribution in [0, 0.1) is 5.82 Å². The lowest BCUT2D eigenvalue weighted by molar-refractivity contribution is -0.134. The third-order valence-corrected chi connectivity index (χ3v) is 3.81. The molecule has 1 aliphatic rings. The number of rotatable bonds is 4. The Morgan fingerprint density at radius 2 is 2.30 bits per heavy atom. The molecule has 1 aromatic rings. The molecule has 4 heteroatoms. The van der Waals surface area contributed by atoms with E-state index in [1.54, 1.807) is 19.1 Å². The summed E-state index contributed by atoms with van der Waals surface area (Å²) < 4.78 is 13.2. The first-order valence-corrected chi connectivity index (χ1v) is 7.28. The second-order valence-electron chi connectivity index (χ2n) is 5.63. The highest BCUT2D eigenvalue weighted by Crippen LogP contribution is 2.22. The van der Waals surface area contributed by atoms with Crippen LogP contribution in [-0.4, -0.2) is 34.6 Å². The highest BCUT2D eigenvalue weighted by Gasteiger charge is 2.27. The van der Waals surface area contributed by atoms with E-state index in [9.17, 15) is 14.3 Å². The van der Waals surface area contributed by atoms with Crippen LogP contribution >= 0.6 is 0 Å². The van der Waals surface area contributed by atoms with Gasteiger partial charge < -0.3 is 10.0 Å². The van der Waals surface area contributed by atoms with E-state index < -0.39 is 6.10 Å². The van der Waals surface area contributed by atoms with Crippen LogP contribution in [0.15, 0.2) is 24.3 Å². The number of nitrogens with zero attached hydrogens (tertiary/aromatic N) is 1. The van der Waals surface area contributed by atoms with Crippen molar-refractivity contribution < 1.29 is 14.3 Å². The monoisotopic (exact) mass is 279 g/mol. The van der Waals surface area contributed by atoms with Crippen molar-refractivity contribution >= 4 is 5.91 Å². The fraction of sp³-hybridized carbons (Fsp3) is 0.562. The number of aliphatic hydroxyl groups excluding tert-OH is 1. The maximum absolute atomic E-state index is 13.2. The first-order chi connectivity index (χ1) is 9.56. The van der Waals surface area contributed by atoms with Gasteiger partial charge in [-0.25, -0.2) is 4.39 Å². The number of carbonyl (C=O) groups excluding carboxylic acids is 1. The number of hydrogen-bond acceptors (Lipinski definition) is 2. The number of aliphatic hydroxyl groups is 1. The second-order valence-corrected chi connectivity index (χ2v) is 5.63. The maximum Gasteiger partial charge on any atom is 0.227 e. The zero-order valence-electron chi connectivity index (χ0n) is 11.9. The van der Waals surface area contributed by atoms with Crippen LogP contribution in [-0.2, 0) is 11.2 Å². The minimum atomic E-state index is -0.400. The van der Waals surface area contributed by atoms with Crippen molar-refractivity contribution in [2.24, 2.45) is 0 Å². The third kappa shape index (κ3) is 4.04. The van der Waals surface area contributed by atoms with E-state index >= 15 is 0 Å². The molecule has 1 aromatic carbocycles. The van der Waals surface area contributed by atoms with Gasteiger partial charge in [-0.15, -0.1) is 0 Å². The Balaban J connectivity index is 2.02.